The Morgan fingerprint density at radius 3 is 2.67 bits per heavy atom. The van der Waals surface area contributed by atoms with Gasteiger partial charge in [-0.3, -0.25) is 4.79 Å². The molecular weight excluding hydrogens is 314 g/mol. The second kappa shape index (κ2) is 7.05. The van der Waals surface area contributed by atoms with Crippen LogP contribution in [0.15, 0.2) is 18.2 Å². The average molecular weight is 338 g/mol. The molecule has 0 spiro atoms. The summed E-state index contributed by atoms with van der Waals surface area (Å²) < 4.78 is 31.1. The van der Waals surface area contributed by atoms with Gasteiger partial charge in [0.05, 0.1) is 13.5 Å². The zero-order valence-electron chi connectivity index (χ0n) is 13.9. The number of nitrogens with one attached hydrogen (secondary N) is 2. The Labute approximate surface area is 141 Å². The van der Waals surface area contributed by atoms with Crippen LogP contribution in [-0.2, 0) is 11.2 Å². The minimum absolute atomic E-state index is 0.151. The van der Waals surface area contributed by atoms with E-state index in [0.717, 1.165) is 31.5 Å². The van der Waals surface area contributed by atoms with Crippen molar-refractivity contribution in [3.05, 3.63) is 29.3 Å². The molecule has 2 aliphatic rings. The number of ether oxygens (including phenoxy) is 1. The maximum Gasteiger partial charge on any atom is 0.252 e. The van der Waals surface area contributed by atoms with E-state index >= 15 is 0 Å². The fraction of sp³-hybridized carbons (Fsp3) is 0.611. The van der Waals surface area contributed by atoms with Gasteiger partial charge in [0, 0.05) is 24.4 Å². The lowest BCUT2D eigenvalue weighted by molar-refractivity contribution is -0.128. The summed E-state index contributed by atoms with van der Waals surface area (Å²) in [5, 5.41) is 6.01. The third-order valence-electron chi connectivity index (χ3n) is 4.93. The van der Waals surface area contributed by atoms with E-state index in [1.807, 2.05) is 12.1 Å². The highest BCUT2D eigenvalue weighted by Crippen LogP contribution is 2.37. The smallest absolute Gasteiger partial charge is 0.252 e. The van der Waals surface area contributed by atoms with Gasteiger partial charge in [-0.1, -0.05) is 12.1 Å². The van der Waals surface area contributed by atoms with Crippen LogP contribution in [0.4, 0.5) is 8.78 Å². The minimum atomic E-state index is -2.62. The molecule has 1 saturated carbocycles. The molecule has 1 aromatic rings. The molecule has 0 aromatic heterocycles. The van der Waals surface area contributed by atoms with E-state index in [9.17, 15) is 13.6 Å². The van der Waals surface area contributed by atoms with Crippen LogP contribution in [0.25, 0.3) is 0 Å². The van der Waals surface area contributed by atoms with Gasteiger partial charge in [0.15, 0.2) is 0 Å². The monoisotopic (exact) mass is 338 g/mol. The molecule has 0 unspecified atom stereocenters. The van der Waals surface area contributed by atoms with Gasteiger partial charge in [-0.15, -0.1) is 0 Å². The quantitative estimate of drug-likeness (QED) is 0.868. The third-order valence-corrected chi connectivity index (χ3v) is 4.93. The Kier molecular flexibility index (Phi) is 5.04. The summed E-state index contributed by atoms with van der Waals surface area (Å²) in [6.45, 7) is 2.03. The van der Waals surface area contributed by atoms with Gasteiger partial charge >= 0.3 is 0 Å². The lowest BCUT2D eigenvalue weighted by atomic mass is 9.88. The van der Waals surface area contributed by atoms with Crippen molar-refractivity contribution in [2.45, 2.75) is 50.0 Å². The van der Waals surface area contributed by atoms with Crippen molar-refractivity contribution in [3.63, 3.8) is 0 Å². The Balaban J connectivity index is 1.61. The number of carbonyl (C=O) groups is 1. The van der Waals surface area contributed by atoms with Crippen molar-refractivity contribution in [2.75, 3.05) is 20.2 Å². The topological polar surface area (TPSA) is 50.4 Å². The van der Waals surface area contributed by atoms with E-state index < -0.39 is 12.0 Å². The zero-order chi connectivity index (χ0) is 17.2. The van der Waals surface area contributed by atoms with Crippen LogP contribution in [0.1, 0.15) is 42.7 Å². The van der Waals surface area contributed by atoms with Crippen LogP contribution in [0.2, 0.25) is 0 Å². The van der Waals surface area contributed by atoms with Crippen molar-refractivity contribution in [1.82, 2.24) is 10.6 Å². The molecule has 24 heavy (non-hydrogen) atoms. The molecule has 1 aromatic carbocycles. The lowest BCUT2D eigenvalue weighted by Gasteiger charge is -2.35. The maximum absolute atomic E-state index is 12.8. The molecule has 1 saturated heterocycles. The Bertz CT molecular complexity index is 593. The third kappa shape index (κ3) is 4.04. The summed E-state index contributed by atoms with van der Waals surface area (Å²) in [7, 11) is 1.59. The van der Waals surface area contributed by atoms with E-state index in [4.69, 9.17) is 4.74 Å². The average Bonchev–Trinajstić information content (AvgIpc) is 2.54. The van der Waals surface area contributed by atoms with Crippen molar-refractivity contribution < 1.29 is 18.3 Å². The summed E-state index contributed by atoms with van der Waals surface area (Å²) in [6.07, 6.45) is 1.82. The number of piperidine rings is 1. The van der Waals surface area contributed by atoms with Crippen molar-refractivity contribution in [3.8, 4) is 5.75 Å². The van der Waals surface area contributed by atoms with E-state index in [1.54, 1.807) is 7.11 Å². The second-order valence-corrected chi connectivity index (χ2v) is 6.80. The van der Waals surface area contributed by atoms with Crippen molar-refractivity contribution >= 4 is 5.91 Å². The zero-order valence-corrected chi connectivity index (χ0v) is 13.9. The van der Waals surface area contributed by atoms with Crippen LogP contribution >= 0.6 is 0 Å². The number of halogens is 2. The predicted octanol–water partition coefficient (Wildman–Crippen LogP) is 2.62. The van der Waals surface area contributed by atoms with Gasteiger partial charge in [-0.25, -0.2) is 8.78 Å². The molecule has 1 heterocycles. The normalized spacial score (nSPS) is 21.1. The Morgan fingerprint density at radius 1 is 1.33 bits per heavy atom. The largest absolute Gasteiger partial charge is 0.496 e. The molecule has 0 bridgehead atoms. The van der Waals surface area contributed by atoms with E-state index in [0.29, 0.717) is 11.7 Å². The number of rotatable bonds is 5. The van der Waals surface area contributed by atoms with E-state index in [1.165, 1.54) is 5.56 Å². The first-order valence-electron chi connectivity index (χ1n) is 8.51. The molecule has 0 atom stereocenters. The predicted molar refractivity (Wildman–Crippen MR) is 87.7 cm³/mol. The lowest BCUT2D eigenvalue weighted by Crippen LogP contribution is -2.50. The maximum atomic E-state index is 12.8. The molecule has 0 radical (unpaired) electrons. The Morgan fingerprint density at radius 2 is 2.04 bits per heavy atom. The molecule has 4 nitrogen and oxygen atoms in total. The number of benzene rings is 1. The van der Waals surface area contributed by atoms with Gasteiger partial charge in [-0.05, 0) is 43.5 Å². The summed E-state index contributed by atoms with van der Waals surface area (Å²) in [5.74, 6) is -1.64. The number of hydrogen-bond donors (Lipinski definition) is 2. The van der Waals surface area contributed by atoms with Gasteiger partial charge in [0.25, 0.3) is 5.92 Å². The molecule has 1 aliphatic heterocycles. The molecule has 2 fully saturated rings. The SMILES string of the molecule is COc1cc(C2CCNCC2)ccc1CC(=O)NC1CC(F)(F)C1. The van der Waals surface area contributed by atoms with Gasteiger partial charge in [0.1, 0.15) is 5.75 Å². The molecule has 1 aliphatic carbocycles. The van der Waals surface area contributed by atoms with Crippen molar-refractivity contribution in [2.24, 2.45) is 0 Å². The fourth-order valence-corrected chi connectivity index (χ4v) is 3.53. The number of carbonyl (C=O) groups excluding carboxylic acids is 1. The highest BCUT2D eigenvalue weighted by molar-refractivity contribution is 5.79. The van der Waals surface area contributed by atoms with Crippen LogP contribution < -0.4 is 15.4 Å². The number of amides is 1. The molecule has 3 rings (SSSR count). The summed E-state index contributed by atoms with van der Waals surface area (Å²) in [5.41, 5.74) is 2.02. The fourth-order valence-electron chi connectivity index (χ4n) is 3.53. The highest BCUT2D eigenvalue weighted by Gasteiger charge is 2.45. The summed E-state index contributed by atoms with van der Waals surface area (Å²) in [6, 6.07) is 5.58. The van der Waals surface area contributed by atoms with Crippen LogP contribution in [-0.4, -0.2) is 38.1 Å². The van der Waals surface area contributed by atoms with E-state index in [2.05, 4.69) is 16.7 Å². The summed E-state index contributed by atoms with van der Waals surface area (Å²) >= 11 is 0. The standard InChI is InChI=1S/C18H24F2N2O2/c1-24-16-8-13(12-4-6-21-7-5-12)2-3-14(16)9-17(23)22-15-10-18(19,20)11-15/h2-3,8,12,15,21H,4-7,9-11H2,1H3,(H,22,23). The first kappa shape index (κ1) is 17.1. The summed E-state index contributed by atoms with van der Waals surface area (Å²) in [4.78, 5) is 12.1. The van der Waals surface area contributed by atoms with Gasteiger partial charge < -0.3 is 15.4 Å². The first-order chi connectivity index (χ1) is 11.5. The minimum Gasteiger partial charge on any atom is -0.496 e. The van der Waals surface area contributed by atoms with Gasteiger partial charge in [0.2, 0.25) is 5.91 Å². The van der Waals surface area contributed by atoms with Crippen molar-refractivity contribution in [1.29, 1.82) is 0 Å². The van der Waals surface area contributed by atoms with Crippen LogP contribution in [0.5, 0.6) is 5.75 Å². The number of hydrogen-bond acceptors (Lipinski definition) is 3. The van der Waals surface area contributed by atoms with Gasteiger partial charge in [-0.2, -0.15) is 0 Å². The van der Waals surface area contributed by atoms with E-state index in [-0.39, 0.29) is 25.2 Å². The Hall–Kier alpha value is -1.69. The highest BCUT2D eigenvalue weighted by atomic mass is 19.3. The number of alkyl halides is 2. The second-order valence-electron chi connectivity index (χ2n) is 6.80. The van der Waals surface area contributed by atoms with Crippen LogP contribution in [0.3, 0.4) is 0 Å². The molecule has 132 valence electrons. The molecular formula is C18H24F2N2O2. The van der Waals surface area contributed by atoms with Crippen LogP contribution in [0, 0.1) is 0 Å². The molecule has 2 N–H and O–H groups in total. The first-order valence-corrected chi connectivity index (χ1v) is 8.51. The molecule has 6 heteroatoms. The molecule has 1 amide bonds. The number of methoxy groups -OCH3 is 1.